The van der Waals surface area contributed by atoms with E-state index in [0.717, 1.165) is 12.8 Å². The summed E-state index contributed by atoms with van der Waals surface area (Å²) in [6.07, 6.45) is 4.48. The topological polar surface area (TPSA) is 38.8 Å². The Morgan fingerprint density at radius 3 is 2.24 bits per heavy atom. The normalized spacial score (nSPS) is 15.0. The Balaban J connectivity index is 2.26. The second-order valence-corrected chi connectivity index (χ2v) is 5.61. The van der Waals surface area contributed by atoms with Gasteiger partial charge in [0.1, 0.15) is 11.5 Å². The third kappa shape index (κ3) is 3.82. The number of carbonyl (C=O) groups is 1. The van der Waals surface area contributed by atoms with Gasteiger partial charge in [0.15, 0.2) is 0 Å². The minimum Gasteiger partial charge on any atom is -0.497 e. The number of halogens is 1. The van der Waals surface area contributed by atoms with E-state index in [2.05, 4.69) is 0 Å². The fourth-order valence-electron chi connectivity index (χ4n) is 2.85. The van der Waals surface area contributed by atoms with Crippen molar-refractivity contribution < 1.29 is 14.3 Å². The number of hydrogen-bond acceptors (Lipinski definition) is 3. The average Bonchev–Trinajstić information content (AvgIpc) is 3.05. The molecule has 0 heterocycles. The standard InChI is InChI=1S/C16H22ClNO3/c1-20-14-9-12(10-15(11-14)21-2)16(19)18(8-7-17)13-5-3-4-6-13/h9-11,13H,3-8H2,1-2H3. The Bertz CT molecular complexity index is 464. The first kappa shape index (κ1) is 16.0. The first-order valence-electron chi connectivity index (χ1n) is 7.29. The van der Waals surface area contributed by atoms with Gasteiger partial charge in [0.2, 0.25) is 0 Å². The molecule has 1 fully saturated rings. The van der Waals surface area contributed by atoms with Crippen LogP contribution in [-0.2, 0) is 0 Å². The van der Waals surface area contributed by atoms with Gasteiger partial charge in [-0.2, -0.15) is 0 Å². The van der Waals surface area contributed by atoms with Crippen molar-refractivity contribution in [1.82, 2.24) is 4.90 Å². The van der Waals surface area contributed by atoms with E-state index in [9.17, 15) is 4.79 Å². The van der Waals surface area contributed by atoms with E-state index >= 15 is 0 Å². The predicted octanol–water partition coefficient (Wildman–Crippen LogP) is 3.33. The van der Waals surface area contributed by atoms with Crippen molar-refractivity contribution in [2.45, 2.75) is 31.7 Å². The molecule has 1 amide bonds. The summed E-state index contributed by atoms with van der Waals surface area (Å²) < 4.78 is 10.5. The highest BCUT2D eigenvalue weighted by atomic mass is 35.5. The number of carbonyl (C=O) groups excluding carboxylic acids is 1. The number of hydrogen-bond donors (Lipinski definition) is 0. The summed E-state index contributed by atoms with van der Waals surface area (Å²) in [5, 5.41) is 0. The summed E-state index contributed by atoms with van der Waals surface area (Å²) in [7, 11) is 3.16. The molecule has 0 saturated heterocycles. The van der Waals surface area contributed by atoms with Crippen LogP contribution in [0.25, 0.3) is 0 Å². The van der Waals surface area contributed by atoms with Crippen molar-refractivity contribution in [3.8, 4) is 11.5 Å². The second-order valence-electron chi connectivity index (χ2n) is 5.23. The number of benzene rings is 1. The molecule has 0 atom stereocenters. The van der Waals surface area contributed by atoms with Crippen LogP contribution < -0.4 is 9.47 Å². The molecule has 5 heteroatoms. The number of ether oxygens (including phenoxy) is 2. The van der Waals surface area contributed by atoms with Crippen LogP contribution >= 0.6 is 11.6 Å². The molecule has 0 radical (unpaired) electrons. The first-order valence-corrected chi connectivity index (χ1v) is 7.83. The molecular weight excluding hydrogens is 290 g/mol. The third-order valence-corrected chi connectivity index (χ3v) is 4.12. The lowest BCUT2D eigenvalue weighted by Gasteiger charge is -2.28. The van der Waals surface area contributed by atoms with Crippen LogP contribution in [0.2, 0.25) is 0 Å². The Morgan fingerprint density at radius 1 is 1.19 bits per heavy atom. The lowest BCUT2D eigenvalue weighted by atomic mass is 10.1. The quantitative estimate of drug-likeness (QED) is 0.756. The molecule has 2 rings (SSSR count). The van der Waals surface area contributed by atoms with Crippen molar-refractivity contribution in [3.63, 3.8) is 0 Å². The maximum atomic E-state index is 12.8. The van der Waals surface area contributed by atoms with E-state index in [4.69, 9.17) is 21.1 Å². The van der Waals surface area contributed by atoms with E-state index in [1.165, 1.54) is 12.8 Å². The summed E-state index contributed by atoms with van der Waals surface area (Å²) in [6.45, 7) is 0.574. The van der Waals surface area contributed by atoms with Gasteiger partial charge in [-0.25, -0.2) is 0 Å². The summed E-state index contributed by atoms with van der Waals surface area (Å²) in [5.41, 5.74) is 0.586. The van der Waals surface area contributed by atoms with Crippen LogP contribution in [0.3, 0.4) is 0 Å². The van der Waals surface area contributed by atoms with Crippen molar-refractivity contribution in [1.29, 1.82) is 0 Å². The fraction of sp³-hybridized carbons (Fsp3) is 0.562. The van der Waals surface area contributed by atoms with Gasteiger partial charge in [-0.3, -0.25) is 4.79 Å². The first-order chi connectivity index (χ1) is 10.2. The van der Waals surface area contributed by atoms with Gasteiger partial charge in [-0.1, -0.05) is 12.8 Å². The van der Waals surface area contributed by atoms with Crippen LogP contribution in [0.4, 0.5) is 0 Å². The van der Waals surface area contributed by atoms with Gasteiger partial charge in [0.25, 0.3) is 5.91 Å². The number of methoxy groups -OCH3 is 2. The summed E-state index contributed by atoms with van der Waals surface area (Å²) in [6, 6.07) is 5.56. The Morgan fingerprint density at radius 2 is 1.76 bits per heavy atom. The van der Waals surface area contributed by atoms with Gasteiger partial charge >= 0.3 is 0 Å². The molecule has 0 aromatic heterocycles. The molecule has 0 unspecified atom stereocenters. The molecule has 1 aliphatic rings. The number of nitrogens with zero attached hydrogens (tertiary/aromatic N) is 1. The highest BCUT2D eigenvalue weighted by molar-refractivity contribution is 6.18. The maximum Gasteiger partial charge on any atom is 0.254 e. The van der Waals surface area contributed by atoms with Crippen molar-refractivity contribution in [2.75, 3.05) is 26.6 Å². The van der Waals surface area contributed by atoms with Crippen LogP contribution in [-0.4, -0.2) is 43.5 Å². The average molecular weight is 312 g/mol. The zero-order valence-corrected chi connectivity index (χ0v) is 13.4. The molecule has 21 heavy (non-hydrogen) atoms. The second kappa shape index (κ2) is 7.55. The molecular formula is C16H22ClNO3. The SMILES string of the molecule is COc1cc(OC)cc(C(=O)N(CCCl)C2CCCC2)c1. The highest BCUT2D eigenvalue weighted by Gasteiger charge is 2.27. The molecule has 116 valence electrons. The maximum absolute atomic E-state index is 12.8. The summed E-state index contributed by atoms with van der Waals surface area (Å²) in [4.78, 5) is 14.7. The van der Waals surface area contributed by atoms with E-state index < -0.39 is 0 Å². The van der Waals surface area contributed by atoms with E-state index in [-0.39, 0.29) is 5.91 Å². The largest absolute Gasteiger partial charge is 0.497 e. The Kier molecular flexibility index (Phi) is 5.74. The molecule has 0 bridgehead atoms. The molecule has 0 N–H and O–H groups in total. The lowest BCUT2D eigenvalue weighted by molar-refractivity contribution is 0.0694. The van der Waals surface area contributed by atoms with Crippen LogP contribution in [0, 0.1) is 0 Å². The van der Waals surface area contributed by atoms with E-state index in [1.807, 2.05) is 4.90 Å². The Hall–Kier alpha value is -1.42. The van der Waals surface area contributed by atoms with Gasteiger partial charge in [-0.15, -0.1) is 11.6 Å². The van der Waals surface area contributed by atoms with Gasteiger partial charge < -0.3 is 14.4 Å². The van der Waals surface area contributed by atoms with Gasteiger partial charge in [0.05, 0.1) is 14.2 Å². The molecule has 0 spiro atoms. The third-order valence-electron chi connectivity index (χ3n) is 3.95. The molecule has 1 aromatic carbocycles. The number of rotatable bonds is 6. The van der Waals surface area contributed by atoms with Crippen molar-refractivity contribution in [2.24, 2.45) is 0 Å². The molecule has 0 aliphatic heterocycles. The van der Waals surface area contributed by atoms with E-state index in [0.29, 0.717) is 35.5 Å². The molecule has 1 aliphatic carbocycles. The molecule has 4 nitrogen and oxygen atoms in total. The molecule has 1 saturated carbocycles. The Labute approximate surface area is 131 Å². The van der Waals surface area contributed by atoms with Gasteiger partial charge in [-0.05, 0) is 25.0 Å². The number of alkyl halides is 1. The summed E-state index contributed by atoms with van der Waals surface area (Å²) in [5.74, 6) is 1.69. The minimum atomic E-state index is -0.000231. The zero-order chi connectivity index (χ0) is 15.2. The lowest BCUT2D eigenvalue weighted by Crippen LogP contribution is -2.40. The highest BCUT2D eigenvalue weighted by Crippen LogP contribution is 2.28. The fourth-order valence-corrected chi connectivity index (χ4v) is 3.04. The monoisotopic (exact) mass is 311 g/mol. The van der Waals surface area contributed by atoms with Gasteiger partial charge in [0, 0.05) is 30.1 Å². The van der Waals surface area contributed by atoms with Crippen molar-refractivity contribution in [3.05, 3.63) is 23.8 Å². The predicted molar refractivity (Wildman–Crippen MR) is 83.6 cm³/mol. The molecule has 1 aromatic rings. The van der Waals surface area contributed by atoms with Crippen molar-refractivity contribution >= 4 is 17.5 Å². The number of amides is 1. The van der Waals surface area contributed by atoms with E-state index in [1.54, 1.807) is 32.4 Å². The smallest absolute Gasteiger partial charge is 0.254 e. The summed E-state index contributed by atoms with van der Waals surface area (Å²) >= 11 is 5.88. The zero-order valence-electron chi connectivity index (χ0n) is 12.6. The van der Waals surface area contributed by atoms with Crippen LogP contribution in [0.15, 0.2) is 18.2 Å². The van der Waals surface area contributed by atoms with Crippen LogP contribution in [0.1, 0.15) is 36.0 Å². The van der Waals surface area contributed by atoms with Crippen LogP contribution in [0.5, 0.6) is 11.5 Å². The minimum absolute atomic E-state index is 0.000231.